The summed E-state index contributed by atoms with van der Waals surface area (Å²) in [4.78, 5) is 17.1. The lowest BCUT2D eigenvalue weighted by molar-refractivity contribution is 0.400. The molecule has 2 aromatic heterocycles. The average molecular weight is 304 g/mol. The van der Waals surface area contributed by atoms with Crippen LogP contribution in [0.5, 0.6) is 0 Å². The second kappa shape index (κ2) is 5.01. The van der Waals surface area contributed by atoms with Crippen LogP contribution in [0.2, 0.25) is 0 Å². The van der Waals surface area contributed by atoms with Crippen molar-refractivity contribution < 1.29 is 0 Å². The van der Waals surface area contributed by atoms with Crippen molar-refractivity contribution in [2.24, 2.45) is 10.7 Å². The Balaban J connectivity index is 1.78. The summed E-state index contributed by atoms with van der Waals surface area (Å²) < 4.78 is 2.04. The van der Waals surface area contributed by atoms with Gasteiger partial charge in [0.1, 0.15) is 11.9 Å². The Morgan fingerprint density at radius 3 is 2.83 bits per heavy atom. The molecule has 0 saturated heterocycles. The van der Waals surface area contributed by atoms with Gasteiger partial charge in [0.05, 0.1) is 6.54 Å². The zero-order chi connectivity index (χ0) is 15.9. The van der Waals surface area contributed by atoms with E-state index in [9.17, 15) is 0 Å². The second-order valence-electron chi connectivity index (χ2n) is 5.86. The molecular weight excluding hydrogens is 288 g/mol. The van der Waals surface area contributed by atoms with Gasteiger partial charge in [0.2, 0.25) is 0 Å². The summed E-state index contributed by atoms with van der Waals surface area (Å²) >= 11 is 0. The third-order valence-electron chi connectivity index (χ3n) is 4.17. The fourth-order valence-corrected chi connectivity index (χ4v) is 2.99. The molecule has 0 spiro atoms. The van der Waals surface area contributed by atoms with Gasteiger partial charge in [-0.25, -0.2) is 15.0 Å². The third kappa shape index (κ3) is 2.28. The Morgan fingerprint density at radius 2 is 2.00 bits per heavy atom. The predicted octanol–water partition coefficient (Wildman–Crippen LogP) is 1.97. The molecule has 1 atom stereocenters. The molecule has 0 saturated carbocycles. The normalized spacial score (nSPS) is 20.0. The summed E-state index contributed by atoms with van der Waals surface area (Å²) in [5.41, 5.74) is 8.82. The summed E-state index contributed by atoms with van der Waals surface area (Å²) in [6.07, 6.45) is 8.83. The minimum atomic E-state index is -0.427. The quantitative estimate of drug-likeness (QED) is 0.784. The maximum Gasteiger partial charge on any atom is 0.175 e. The van der Waals surface area contributed by atoms with Crippen molar-refractivity contribution in [3.8, 4) is 11.1 Å². The first kappa shape index (κ1) is 13.6. The van der Waals surface area contributed by atoms with Gasteiger partial charge < -0.3 is 10.3 Å². The van der Waals surface area contributed by atoms with Crippen LogP contribution in [0, 0.1) is 0 Å². The molecule has 3 aromatic rings. The topological polar surface area (TPSA) is 82.0 Å². The second-order valence-corrected chi connectivity index (χ2v) is 5.86. The Bertz CT molecular complexity index is 883. The fraction of sp³-hybridized carbons (Fsp3) is 0.176. The molecule has 1 aliphatic rings. The lowest BCUT2D eigenvalue weighted by Crippen LogP contribution is -2.37. The maximum absolute atomic E-state index is 6.10. The first-order chi connectivity index (χ1) is 11.2. The molecule has 0 radical (unpaired) electrons. The van der Waals surface area contributed by atoms with Crippen molar-refractivity contribution in [3.05, 3.63) is 66.8 Å². The van der Waals surface area contributed by atoms with E-state index in [0.29, 0.717) is 12.4 Å². The molecule has 6 nitrogen and oxygen atoms in total. The van der Waals surface area contributed by atoms with Crippen LogP contribution in [-0.4, -0.2) is 25.4 Å². The number of benzene rings is 1. The van der Waals surface area contributed by atoms with Crippen molar-refractivity contribution in [2.45, 2.75) is 19.0 Å². The van der Waals surface area contributed by atoms with E-state index in [1.165, 1.54) is 6.33 Å². The number of hydrogen-bond acceptors (Lipinski definition) is 5. The monoisotopic (exact) mass is 304 g/mol. The highest BCUT2D eigenvalue weighted by atomic mass is 15.2. The van der Waals surface area contributed by atoms with Crippen LogP contribution in [-0.2, 0) is 12.1 Å². The number of amidine groups is 1. The highest BCUT2D eigenvalue weighted by Crippen LogP contribution is 2.33. The number of rotatable bonds is 2. The molecule has 0 bridgehead atoms. The summed E-state index contributed by atoms with van der Waals surface area (Å²) in [7, 11) is 0. The Hall–Kier alpha value is -3.02. The van der Waals surface area contributed by atoms with Gasteiger partial charge in [0, 0.05) is 30.4 Å². The van der Waals surface area contributed by atoms with Crippen LogP contribution in [0.15, 0.2) is 60.4 Å². The van der Waals surface area contributed by atoms with E-state index in [-0.39, 0.29) is 0 Å². The van der Waals surface area contributed by atoms with E-state index in [0.717, 1.165) is 22.5 Å². The number of hydrogen-bond donors (Lipinski definition) is 1. The van der Waals surface area contributed by atoms with E-state index in [1.54, 1.807) is 18.6 Å². The van der Waals surface area contributed by atoms with Gasteiger partial charge in [-0.1, -0.05) is 18.2 Å². The molecule has 1 aromatic carbocycles. The molecule has 0 aliphatic carbocycles. The molecule has 114 valence electrons. The standard InChI is InChI=1S/C17H16N6/c1-17(10-23-6-5-21-16(23)15(18)22-17)14-4-2-3-12(7-14)13-8-19-11-20-9-13/h2-9,11H,10H2,1H3,(H2,18,22)/t17-/m0/s1. The van der Waals surface area contributed by atoms with Gasteiger partial charge in [-0.2, -0.15) is 0 Å². The lowest BCUT2D eigenvalue weighted by atomic mass is 9.89. The molecule has 6 heteroatoms. The number of nitrogens with two attached hydrogens (primary N) is 1. The van der Waals surface area contributed by atoms with Crippen molar-refractivity contribution in [1.29, 1.82) is 0 Å². The number of aliphatic imine (C=N–C) groups is 1. The smallest absolute Gasteiger partial charge is 0.175 e. The predicted molar refractivity (Wildman–Crippen MR) is 87.8 cm³/mol. The van der Waals surface area contributed by atoms with Crippen LogP contribution in [0.4, 0.5) is 0 Å². The SMILES string of the molecule is C[C@@]1(c2cccc(-c3cncnc3)c2)Cn2ccnc2C(N)=N1. The van der Waals surface area contributed by atoms with E-state index >= 15 is 0 Å². The molecular formula is C17H16N6. The first-order valence-electron chi connectivity index (χ1n) is 7.38. The van der Waals surface area contributed by atoms with Crippen molar-refractivity contribution in [3.63, 3.8) is 0 Å². The molecule has 0 amide bonds. The highest BCUT2D eigenvalue weighted by Gasteiger charge is 2.32. The van der Waals surface area contributed by atoms with Crippen LogP contribution in [0.1, 0.15) is 18.3 Å². The van der Waals surface area contributed by atoms with Crippen molar-refractivity contribution in [1.82, 2.24) is 19.5 Å². The van der Waals surface area contributed by atoms with Gasteiger partial charge >= 0.3 is 0 Å². The average Bonchev–Trinajstić information content (AvgIpc) is 3.04. The molecule has 4 rings (SSSR count). The summed E-state index contributed by atoms with van der Waals surface area (Å²) in [5, 5.41) is 0. The van der Waals surface area contributed by atoms with Crippen LogP contribution in [0.25, 0.3) is 11.1 Å². The molecule has 3 heterocycles. The first-order valence-corrected chi connectivity index (χ1v) is 7.38. The largest absolute Gasteiger partial charge is 0.381 e. The van der Waals surface area contributed by atoms with Gasteiger partial charge in [-0.05, 0) is 24.1 Å². The fourth-order valence-electron chi connectivity index (χ4n) is 2.99. The van der Waals surface area contributed by atoms with Gasteiger partial charge in [-0.15, -0.1) is 0 Å². The van der Waals surface area contributed by atoms with Crippen LogP contribution >= 0.6 is 0 Å². The van der Waals surface area contributed by atoms with E-state index in [1.807, 2.05) is 22.9 Å². The lowest BCUT2D eigenvalue weighted by Gasteiger charge is -2.31. The molecule has 23 heavy (non-hydrogen) atoms. The van der Waals surface area contributed by atoms with E-state index in [2.05, 4.69) is 34.0 Å². The van der Waals surface area contributed by atoms with Crippen molar-refractivity contribution in [2.75, 3.05) is 0 Å². The van der Waals surface area contributed by atoms with E-state index in [4.69, 9.17) is 10.7 Å². The molecule has 1 aliphatic heterocycles. The van der Waals surface area contributed by atoms with Gasteiger partial charge in [0.15, 0.2) is 11.7 Å². The molecule has 0 fully saturated rings. The van der Waals surface area contributed by atoms with Gasteiger partial charge in [0.25, 0.3) is 0 Å². The summed E-state index contributed by atoms with van der Waals surface area (Å²) in [6, 6.07) is 8.27. The Morgan fingerprint density at radius 1 is 1.17 bits per heavy atom. The zero-order valence-corrected chi connectivity index (χ0v) is 12.7. The zero-order valence-electron chi connectivity index (χ0n) is 12.7. The van der Waals surface area contributed by atoms with Crippen LogP contribution < -0.4 is 5.73 Å². The molecule has 0 unspecified atom stereocenters. The summed E-state index contributed by atoms with van der Waals surface area (Å²) in [6.45, 7) is 2.79. The van der Waals surface area contributed by atoms with Crippen LogP contribution in [0.3, 0.4) is 0 Å². The van der Waals surface area contributed by atoms with E-state index < -0.39 is 5.54 Å². The molecule has 2 N–H and O–H groups in total. The number of imidazole rings is 1. The Labute approximate surface area is 133 Å². The number of aromatic nitrogens is 4. The highest BCUT2D eigenvalue weighted by molar-refractivity contribution is 5.95. The summed E-state index contributed by atoms with van der Waals surface area (Å²) in [5.74, 6) is 1.20. The third-order valence-corrected chi connectivity index (χ3v) is 4.17. The number of nitrogens with zero attached hydrogens (tertiary/aromatic N) is 5. The Kier molecular flexibility index (Phi) is 2.97. The maximum atomic E-state index is 6.10. The van der Waals surface area contributed by atoms with Crippen molar-refractivity contribution >= 4 is 5.84 Å². The van der Waals surface area contributed by atoms with Gasteiger partial charge in [-0.3, -0.25) is 4.99 Å². The minimum Gasteiger partial charge on any atom is -0.381 e. The number of fused-ring (bicyclic) bond motifs is 1. The minimum absolute atomic E-state index is 0.427.